The van der Waals surface area contributed by atoms with E-state index in [1.807, 2.05) is 61.5 Å². The molecule has 120 valence electrons. The summed E-state index contributed by atoms with van der Waals surface area (Å²) in [6.45, 7) is 3.11. The number of carbonyl (C=O) groups excluding carboxylic acids is 1. The maximum absolute atomic E-state index is 11.6. The van der Waals surface area contributed by atoms with E-state index in [1.165, 1.54) is 5.56 Å². The summed E-state index contributed by atoms with van der Waals surface area (Å²) in [6, 6.07) is 18.2. The van der Waals surface area contributed by atoms with E-state index in [0.29, 0.717) is 13.2 Å². The zero-order valence-electron chi connectivity index (χ0n) is 13.2. The summed E-state index contributed by atoms with van der Waals surface area (Å²) < 4.78 is 10.7. The maximum Gasteiger partial charge on any atom is 0.251 e. The zero-order chi connectivity index (χ0) is 16.1. The average molecular weight is 311 g/mol. The van der Waals surface area contributed by atoms with E-state index in [2.05, 4.69) is 5.32 Å². The number of amides is 1. The highest BCUT2D eigenvalue weighted by molar-refractivity contribution is 5.83. The summed E-state index contributed by atoms with van der Waals surface area (Å²) in [5.74, 6) is 0.834. The van der Waals surface area contributed by atoms with E-state index in [0.717, 1.165) is 17.7 Å². The van der Waals surface area contributed by atoms with Crippen LogP contribution in [0.5, 0.6) is 5.75 Å². The molecule has 3 rings (SSSR count). The smallest absolute Gasteiger partial charge is 0.251 e. The first kappa shape index (κ1) is 15.6. The number of carbonyl (C=O) groups is 1. The molecule has 0 saturated carbocycles. The molecular weight excluding hydrogens is 290 g/mol. The maximum atomic E-state index is 11.6. The minimum absolute atomic E-state index is 0.0136. The van der Waals surface area contributed by atoms with Gasteiger partial charge in [-0.25, -0.2) is 0 Å². The molecule has 1 saturated heterocycles. The van der Waals surface area contributed by atoms with Gasteiger partial charge in [0.2, 0.25) is 0 Å². The number of benzene rings is 2. The summed E-state index contributed by atoms with van der Waals surface area (Å²) in [4.78, 5) is 11.6. The third-order valence-electron chi connectivity index (χ3n) is 3.73. The Morgan fingerprint density at radius 3 is 2.52 bits per heavy atom. The van der Waals surface area contributed by atoms with Crippen LogP contribution in [0.3, 0.4) is 0 Å². The Labute approximate surface area is 136 Å². The minimum atomic E-state index is -0.230. The first-order valence-corrected chi connectivity index (χ1v) is 7.88. The van der Waals surface area contributed by atoms with Crippen molar-refractivity contribution in [2.75, 3.05) is 6.61 Å². The summed E-state index contributed by atoms with van der Waals surface area (Å²) in [7, 11) is 0. The van der Waals surface area contributed by atoms with Crippen LogP contribution in [0, 0.1) is 0 Å². The predicted octanol–water partition coefficient (Wildman–Crippen LogP) is 2.71. The zero-order valence-corrected chi connectivity index (χ0v) is 13.2. The Morgan fingerprint density at radius 1 is 1.17 bits per heavy atom. The lowest BCUT2D eigenvalue weighted by Crippen LogP contribution is -2.36. The van der Waals surface area contributed by atoms with Crippen molar-refractivity contribution in [2.24, 2.45) is 0 Å². The fourth-order valence-corrected chi connectivity index (χ4v) is 2.40. The highest BCUT2D eigenvalue weighted by Crippen LogP contribution is 2.16. The van der Waals surface area contributed by atoms with Gasteiger partial charge in [-0.15, -0.1) is 0 Å². The van der Waals surface area contributed by atoms with Crippen LogP contribution < -0.4 is 10.1 Å². The van der Waals surface area contributed by atoms with E-state index in [1.54, 1.807) is 0 Å². The van der Waals surface area contributed by atoms with E-state index < -0.39 is 0 Å². The van der Waals surface area contributed by atoms with Crippen LogP contribution in [0.1, 0.15) is 18.1 Å². The summed E-state index contributed by atoms with van der Waals surface area (Å²) in [6.07, 6.45) is 0.559. The van der Waals surface area contributed by atoms with Crippen LogP contribution in [-0.4, -0.2) is 24.7 Å². The van der Waals surface area contributed by atoms with Gasteiger partial charge in [-0.1, -0.05) is 42.5 Å². The molecule has 1 N–H and O–H groups in total. The van der Waals surface area contributed by atoms with Gasteiger partial charge in [0, 0.05) is 6.04 Å². The molecule has 2 atom stereocenters. The van der Waals surface area contributed by atoms with Crippen molar-refractivity contribution in [3.8, 4) is 5.75 Å². The van der Waals surface area contributed by atoms with Crippen LogP contribution >= 0.6 is 0 Å². The van der Waals surface area contributed by atoms with Gasteiger partial charge < -0.3 is 14.8 Å². The largest absolute Gasteiger partial charge is 0.489 e. The third-order valence-corrected chi connectivity index (χ3v) is 3.73. The molecule has 1 amide bonds. The monoisotopic (exact) mass is 311 g/mol. The first-order chi connectivity index (χ1) is 11.2. The van der Waals surface area contributed by atoms with E-state index in [-0.39, 0.29) is 18.1 Å². The Morgan fingerprint density at radius 2 is 1.87 bits per heavy atom. The van der Waals surface area contributed by atoms with Gasteiger partial charge in [-0.3, -0.25) is 4.79 Å². The topological polar surface area (TPSA) is 50.9 Å². The molecule has 0 spiro atoms. The van der Waals surface area contributed by atoms with Gasteiger partial charge in [0.15, 0.2) is 6.10 Å². The van der Waals surface area contributed by atoms with Crippen LogP contribution in [0.15, 0.2) is 54.6 Å². The fraction of sp³-hybridized carbons (Fsp3) is 0.316. The Kier molecular flexibility index (Phi) is 4.93. The number of ether oxygens (including phenoxy) is 2. The van der Waals surface area contributed by atoms with Crippen LogP contribution in [-0.2, 0) is 22.6 Å². The number of hydrogen-bond acceptors (Lipinski definition) is 3. The molecule has 2 aromatic rings. The van der Waals surface area contributed by atoms with Crippen molar-refractivity contribution in [2.45, 2.75) is 32.1 Å². The third kappa shape index (κ3) is 4.83. The molecule has 1 heterocycles. The molecule has 0 radical (unpaired) electrons. The van der Waals surface area contributed by atoms with Gasteiger partial charge in [0.25, 0.3) is 5.91 Å². The lowest BCUT2D eigenvalue weighted by Gasteiger charge is -2.13. The normalized spacial score (nSPS) is 17.3. The predicted molar refractivity (Wildman–Crippen MR) is 88.3 cm³/mol. The van der Waals surface area contributed by atoms with Crippen LogP contribution in [0.2, 0.25) is 0 Å². The molecule has 0 unspecified atom stereocenters. The van der Waals surface area contributed by atoms with E-state index >= 15 is 0 Å². The molecule has 1 fully saturated rings. The molecule has 1 aliphatic rings. The standard InChI is InChI=1S/C19H21NO3/c1-14(20-19(21)18-13-23-18)11-15-7-9-17(10-8-15)22-12-16-5-3-2-4-6-16/h2-10,14,18H,11-13H2,1H3,(H,20,21)/t14-,18+/m1/s1. The molecule has 0 aliphatic carbocycles. The second-order valence-corrected chi connectivity index (χ2v) is 5.85. The number of nitrogens with one attached hydrogen (secondary N) is 1. The highest BCUT2D eigenvalue weighted by atomic mass is 16.6. The summed E-state index contributed by atoms with van der Waals surface area (Å²) in [5.41, 5.74) is 2.32. The summed E-state index contributed by atoms with van der Waals surface area (Å²) in [5, 5.41) is 2.96. The molecule has 0 bridgehead atoms. The molecule has 0 aromatic heterocycles. The lowest BCUT2D eigenvalue weighted by molar-refractivity contribution is -0.122. The average Bonchev–Trinajstić information content (AvgIpc) is 3.40. The van der Waals surface area contributed by atoms with Gasteiger partial charge in [0.1, 0.15) is 12.4 Å². The molecular formula is C19H21NO3. The second-order valence-electron chi connectivity index (χ2n) is 5.85. The van der Waals surface area contributed by atoms with E-state index in [9.17, 15) is 4.79 Å². The molecule has 2 aromatic carbocycles. The number of hydrogen-bond donors (Lipinski definition) is 1. The lowest BCUT2D eigenvalue weighted by atomic mass is 10.1. The molecule has 1 aliphatic heterocycles. The fourth-order valence-electron chi connectivity index (χ4n) is 2.40. The van der Waals surface area contributed by atoms with Crippen molar-refractivity contribution < 1.29 is 14.3 Å². The van der Waals surface area contributed by atoms with Crippen LogP contribution in [0.25, 0.3) is 0 Å². The molecule has 4 heteroatoms. The van der Waals surface area contributed by atoms with Gasteiger partial charge >= 0.3 is 0 Å². The highest BCUT2D eigenvalue weighted by Gasteiger charge is 2.31. The van der Waals surface area contributed by atoms with Gasteiger partial charge in [0.05, 0.1) is 6.61 Å². The molecule has 4 nitrogen and oxygen atoms in total. The Hall–Kier alpha value is -2.33. The van der Waals surface area contributed by atoms with E-state index in [4.69, 9.17) is 9.47 Å². The van der Waals surface area contributed by atoms with Crippen molar-refractivity contribution >= 4 is 5.91 Å². The second kappa shape index (κ2) is 7.29. The van der Waals surface area contributed by atoms with Crippen LogP contribution in [0.4, 0.5) is 0 Å². The quantitative estimate of drug-likeness (QED) is 0.800. The Balaban J connectivity index is 1.47. The SMILES string of the molecule is C[C@H](Cc1ccc(OCc2ccccc2)cc1)NC(=O)[C@@H]1CO1. The van der Waals surface area contributed by atoms with Crippen molar-refractivity contribution in [3.63, 3.8) is 0 Å². The van der Waals surface area contributed by atoms with Crippen molar-refractivity contribution in [1.82, 2.24) is 5.32 Å². The minimum Gasteiger partial charge on any atom is -0.489 e. The number of rotatable bonds is 7. The van der Waals surface area contributed by atoms with Gasteiger partial charge in [-0.05, 0) is 36.6 Å². The molecule has 23 heavy (non-hydrogen) atoms. The Bertz CT molecular complexity index is 635. The van der Waals surface area contributed by atoms with Crippen molar-refractivity contribution in [3.05, 3.63) is 65.7 Å². The first-order valence-electron chi connectivity index (χ1n) is 7.88. The summed E-state index contributed by atoms with van der Waals surface area (Å²) >= 11 is 0. The number of epoxide rings is 1. The van der Waals surface area contributed by atoms with Crippen molar-refractivity contribution in [1.29, 1.82) is 0 Å². The van der Waals surface area contributed by atoms with Gasteiger partial charge in [-0.2, -0.15) is 0 Å².